The molecule has 0 fully saturated rings. The van der Waals surface area contributed by atoms with Crippen molar-refractivity contribution < 1.29 is 14.3 Å². The third-order valence-electron chi connectivity index (χ3n) is 3.48. The molecule has 1 heterocycles. The first kappa shape index (κ1) is 15.7. The largest absolute Gasteiger partial charge is 0.478 e. The lowest BCUT2D eigenvalue weighted by atomic mass is 10.2. The maximum Gasteiger partial charge on any atom is 0.339 e. The average Bonchev–Trinajstić information content (AvgIpc) is 2.74. The van der Waals surface area contributed by atoms with E-state index < -0.39 is 5.97 Å². The Labute approximate surface area is 114 Å². The predicted octanol–water partition coefficient (Wildman–Crippen LogP) is 2.11. The molecule has 1 aromatic rings. The standard InChI is InChI=1S/C14H24N2O3/c1-5-10(2)16(4)7-6-15-9-12-8-13(14(17)18)11(3)19-12/h8,10,15H,5-7,9H2,1-4H3,(H,17,18). The Bertz CT molecular complexity index is 415. The van der Waals surface area contributed by atoms with Crippen LogP contribution in [0.15, 0.2) is 10.5 Å². The van der Waals surface area contributed by atoms with Crippen molar-refractivity contribution in [3.63, 3.8) is 0 Å². The van der Waals surface area contributed by atoms with Gasteiger partial charge in [-0.3, -0.25) is 0 Å². The van der Waals surface area contributed by atoms with E-state index in [2.05, 4.69) is 31.1 Å². The van der Waals surface area contributed by atoms with Crippen molar-refractivity contribution in [3.8, 4) is 0 Å². The molecule has 0 radical (unpaired) electrons. The highest BCUT2D eigenvalue weighted by atomic mass is 16.4. The second-order valence-corrected chi connectivity index (χ2v) is 4.90. The lowest BCUT2D eigenvalue weighted by molar-refractivity contribution is 0.0695. The van der Waals surface area contributed by atoms with Gasteiger partial charge in [0.25, 0.3) is 0 Å². The van der Waals surface area contributed by atoms with Crippen molar-refractivity contribution in [1.82, 2.24) is 10.2 Å². The van der Waals surface area contributed by atoms with Crippen LogP contribution in [-0.4, -0.2) is 42.2 Å². The van der Waals surface area contributed by atoms with Gasteiger partial charge in [-0.2, -0.15) is 0 Å². The molecule has 0 saturated carbocycles. The quantitative estimate of drug-likeness (QED) is 0.707. The topological polar surface area (TPSA) is 65.7 Å². The third kappa shape index (κ3) is 4.69. The lowest BCUT2D eigenvalue weighted by Crippen LogP contribution is -2.34. The van der Waals surface area contributed by atoms with E-state index in [1.165, 1.54) is 0 Å². The van der Waals surface area contributed by atoms with E-state index in [0.717, 1.165) is 19.5 Å². The van der Waals surface area contributed by atoms with Gasteiger partial charge in [0.2, 0.25) is 0 Å². The van der Waals surface area contributed by atoms with Gasteiger partial charge < -0.3 is 19.7 Å². The van der Waals surface area contributed by atoms with Crippen LogP contribution < -0.4 is 5.32 Å². The molecular formula is C14H24N2O3. The number of aromatic carboxylic acids is 1. The van der Waals surface area contributed by atoms with E-state index in [1.54, 1.807) is 13.0 Å². The van der Waals surface area contributed by atoms with Gasteiger partial charge in [0, 0.05) is 19.1 Å². The number of hydrogen-bond acceptors (Lipinski definition) is 4. The van der Waals surface area contributed by atoms with Crippen LogP contribution in [0.25, 0.3) is 0 Å². The number of rotatable bonds is 8. The maximum atomic E-state index is 10.9. The highest BCUT2D eigenvalue weighted by Gasteiger charge is 2.13. The first-order chi connectivity index (χ1) is 8.95. The van der Waals surface area contributed by atoms with Gasteiger partial charge in [-0.15, -0.1) is 0 Å². The fourth-order valence-corrected chi connectivity index (χ4v) is 1.84. The molecule has 0 aliphatic carbocycles. The number of hydrogen-bond donors (Lipinski definition) is 2. The molecule has 1 aromatic heterocycles. The number of likely N-dealkylation sites (N-methyl/N-ethyl adjacent to an activating group) is 1. The molecule has 1 atom stereocenters. The Hall–Kier alpha value is -1.33. The van der Waals surface area contributed by atoms with Crippen molar-refractivity contribution in [2.75, 3.05) is 20.1 Å². The molecule has 2 N–H and O–H groups in total. The van der Waals surface area contributed by atoms with E-state index >= 15 is 0 Å². The summed E-state index contributed by atoms with van der Waals surface area (Å²) < 4.78 is 5.39. The van der Waals surface area contributed by atoms with Crippen molar-refractivity contribution in [2.45, 2.75) is 39.8 Å². The van der Waals surface area contributed by atoms with Gasteiger partial charge in [-0.05, 0) is 33.4 Å². The van der Waals surface area contributed by atoms with Gasteiger partial charge in [-0.1, -0.05) is 6.92 Å². The van der Waals surface area contributed by atoms with Crippen LogP contribution in [0, 0.1) is 6.92 Å². The Morgan fingerprint density at radius 2 is 2.26 bits per heavy atom. The summed E-state index contributed by atoms with van der Waals surface area (Å²) in [6.45, 7) is 8.41. The van der Waals surface area contributed by atoms with Crippen LogP contribution in [0.1, 0.15) is 42.1 Å². The Kier molecular flexibility index (Phi) is 6.05. The normalized spacial score (nSPS) is 12.9. The summed E-state index contributed by atoms with van der Waals surface area (Å²) in [6, 6.07) is 2.16. The molecule has 19 heavy (non-hydrogen) atoms. The SMILES string of the molecule is CCC(C)N(C)CCNCc1cc(C(=O)O)c(C)o1. The summed E-state index contributed by atoms with van der Waals surface area (Å²) in [5.74, 6) is 0.186. The summed E-state index contributed by atoms with van der Waals surface area (Å²) in [7, 11) is 2.11. The monoisotopic (exact) mass is 268 g/mol. The number of nitrogens with one attached hydrogen (secondary N) is 1. The molecule has 0 spiro atoms. The molecule has 0 bridgehead atoms. The second kappa shape index (κ2) is 7.31. The highest BCUT2D eigenvalue weighted by molar-refractivity contribution is 5.88. The Morgan fingerprint density at radius 3 is 2.79 bits per heavy atom. The summed E-state index contributed by atoms with van der Waals surface area (Å²) in [5, 5.41) is 12.2. The van der Waals surface area contributed by atoms with Crippen LogP contribution in [0.4, 0.5) is 0 Å². The van der Waals surface area contributed by atoms with Crippen LogP contribution in [-0.2, 0) is 6.54 Å². The minimum atomic E-state index is -0.941. The number of nitrogens with zero attached hydrogens (tertiary/aromatic N) is 1. The van der Waals surface area contributed by atoms with Crippen LogP contribution in [0.5, 0.6) is 0 Å². The van der Waals surface area contributed by atoms with E-state index in [1.807, 2.05) is 0 Å². The molecule has 1 unspecified atom stereocenters. The predicted molar refractivity (Wildman–Crippen MR) is 74.5 cm³/mol. The smallest absolute Gasteiger partial charge is 0.339 e. The van der Waals surface area contributed by atoms with Gasteiger partial charge >= 0.3 is 5.97 Å². The fourth-order valence-electron chi connectivity index (χ4n) is 1.84. The molecule has 0 aromatic carbocycles. The van der Waals surface area contributed by atoms with Gasteiger partial charge in [0.05, 0.1) is 6.54 Å². The van der Waals surface area contributed by atoms with Crippen LogP contribution >= 0.6 is 0 Å². The summed E-state index contributed by atoms with van der Waals surface area (Å²) in [6.07, 6.45) is 1.13. The summed E-state index contributed by atoms with van der Waals surface area (Å²) in [5.41, 5.74) is 0.244. The summed E-state index contributed by atoms with van der Waals surface area (Å²) >= 11 is 0. The number of furan rings is 1. The molecule has 0 saturated heterocycles. The number of carboxylic acids is 1. The zero-order chi connectivity index (χ0) is 14.4. The Balaban J connectivity index is 2.34. The molecule has 0 amide bonds. The van der Waals surface area contributed by atoms with Gasteiger partial charge in [-0.25, -0.2) is 4.79 Å². The first-order valence-electron chi connectivity index (χ1n) is 6.69. The molecule has 5 heteroatoms. The maximum absolute atomic E-state index is 10.9. The lowest BCUT2D eigenvalue weighted by Gasteiger charge is -2.23. The van der Waals surface area contributed by atoms with E-state index in [0.29, 0.717) is 24.1 Å². The molecule has 5 nitrogen and oxygen atoms in total. The number of carboxylic acid groups (broad SMARTS) is 1. The Morgan fingerprint density at radius 1 is 1.58 bits per heavy atom. The van der Waals surface area contributed by atoms with Gasteiger partial charge in [0.1, 0.15) is 17.1 Å². The average molecular weight is 268 g/mol. The zero-order valence-corrected chi connectivity index (χ0v) is 12.2. The molecule has 0 aliphatic rings. The first-order valence-corrected chi connectivity index (χ1v) is 6.69. The second-order valence-electron chi connectivity index (χ2n) is 4.90. The van der Waals surface area contributed by atoms with Gasteiger partial charge in [0.15, 0.2) is 0 Å². The molecule has 0 aliphatic heterocycles. The number of aryl methyl sites for hydroxylation is 1. The minimum absolute atomic E-state index is 0.244. The van der Waals surface area contributed by atoms with E-state index in [9.17, 15) is 4.79 Å². The highest BCUT2D eigenvalue weighted by Crippen LogP contribution is 2.14. The van der Waals surface area contributed by atoms with E-state index in [-0.39, 0.29) is 5.56 Å². The van der Waals surface area contributed by atoms with Crippen LogP contribution in [0.3, 0.4) is 0 Å². The van der Waals surface area contributed by atoms with Crippen molar-refractivity contribution >= 4 is 5.97 Å². The molecular weight excluding hydrogens is 244 g/mol. The van der Waals surface area contributed by atoms with Crippen molar-refractivity contribution in [3.05, 3.63) is 23.2 Å². The van der Waals surface area contributed by atoms with E-state index in [4.69, 9.17) is 9.52 Å². The number of carbonyl (C=O) groups is 1. The molecule has 1 rings (SSSR count). The summed E-state index contributed by atoms with van der Waals surface area (Å²) in [4.78, 5) is 13.2. The zero-order valence-electron chi connectivity index (χ0n) is 12.2. The van der Waals surface area contributed by atoms with Crippen molar-refractivity contribution in [1.29, 1.82) is 0 Å². The fraction of sp³-hybridized carbons (Fsp3) is 0.643. The molecule has 108 valence electrons. The minimum Gasteiger partial charge on any atom is -0.478 e. The third-order valence-corrected chi connectivity index (χ3v) is 3.48. The van der Waals surface area contributed by atoms with Crippen molar-refractivity contribution in [2.24, 2.45) is 0 Å². The van der Waals surface area contributed by atoms with Crippen LogP contribution in [0.2, 0.25) is 0 Å².